The van der Waals surface area contributed by atoms with E-state index in [1.807, 2.05) is 12.1 Å². The molecule has 8 heteroatoms. The highest BCUT2D eigenvalue weighted by molar-refractivity contribution is 6.27. The summed E-state index contributed by atoms with van der Waals surface area (Å²) in [7, 11) is 0. The van der Waals surface area contributed by atoms with E-state index in [2.05, 4.69) is 10.3 Å². The van der Waals surface area contributed by atoms with E-state index in [1.54, 1.807) is 12.4 Å². The Bertz CT molecular complexity index is 517. The van der Waals surface area contributed by atoms with Gasteiger partial charge in [0, 0.05) is 18.9 Å². The zero-order chi connectivity index (χ0) is 17.8. The van der Waals surface area contributed by atoms with E-state index in [0.717, 1.165) is 19.3 Å². The van der Waals surface area contributed by atoms with Gasteiger partial charge in [0.2, 0.25) is 0 Å². The highest BCUT2D eigenvalue weighted by Gasteiger charge is 2.17. The average Bonchev–Trinajstić information content (AvgIpc) is 2.57. The first-order valence-corrected chi connectivity index (χ1v) is 7.78. The topological polar surface area (TPSA) is 126 Å². The van der Waals surface area contributed by atoms with Gasteiger partial charge in [-0.05, 0) is 49.8 Å². The van der Waals surface area contributed by atoms with Gasteiger partial charge in [0.05, 0.1) is 0 Å². The maximum Gasteiger partial charge on any atom is 0.414 e. The molecule has 0 atom stereocenters. The highest BCUT2D eigenvalue weighted by atomic mass is 16.6. The van der Waals surface area contributed by atoms with Crippen molar-refractivity contribution in [2.24, 2.45) is 0 Å². The zero-order valence-corrected chi connectivity index (χ0v) is 13.3. The summed E-state index contributed by atoms with van der Waals surface area (Å²) >= 11 is 0. The number of nitrogens with one attached hydrogen (secondary N) is 1. The van der Waals surface area contributed by atoms with Crippen molar-refractivity contribution in [3.63, 3.8) is 0 Å². The lowest BCUT2D eigenvalue weighted by atomic mass is 9.98. The molecule has 0 bridgehead atoms. The summed E-state index contributed by atoms with van der Waals surface area (Å²) in [5, 5.41) is 17.6. The molecule has 0 aromatic carbocycles. The Hall–Kier alpha value is -2.64. The molecular formula is C16H22N2O6. The molecule has 0 saturated heterocycles. The minimum Gasteiger partial charge on any atom is -0.473 e. The van der Waals surface area contributed by atoms with Gasteiger partial charge in [-0.25, -0.2) is 14.4 Å². The molecule has 1 fully saturated rings. The molecule has 1 aliphatic rings. The second-order valence-corrected chi connectivity index (χ2v) is 5.31. The maximum atomic E-state index is 11.6. The van der Waals surface area contributed by atoms with E-state index < -0.39 is 11.9 Å². The average molecular weight is 338 g/mol. The molecule has 132 valence electrons. The molecule has 0 aliphatic heterocycles. The smallest absolute Gasteiger partial charge is 0.414 e. The van der Waals surface area contributed by atoms with Gasteiger partial charge in [-0.3, -0.25) is 4.98 Å². The van der Waals surface area contributed by atoms with E-state index in [-0.39, 0.29) is 12.2 Å². The molecule has 2 rings (SSSR count). The second-order valence-electron chi connectivity index (χ2n) is 5.31. The second kappa shape index (κ2) is 11.0. The molecule has 1 amide bonds. The van der Waals surface area contributed by atoms with Gasteiger partial charge in [0.1, 0.15) is 6.10 Å². The number of pyridine rings is 1. The number of ether oxygens (including phenoxy) is 1. The van der Waals surface area contributed by atoms with Crippen molar-refractivity contribution in [1.29, 1.82) is 0 Å². The van der Waals surface area contributed by atoms with Crippen LogP contribution in [0.3, 0.4) is 0 Å². The van der Waals surface area contributed by atoms with Crippen LogP contribution in [0.1, 0.15) is 37.7 Å². The molecule has 1 aromatic heterocycles. The molecule has 0 radical (unpaired) electrons. The van der Waals surface area contributed by atoms with E-state index in [9.17, 15) is 4.79 Å². The van der Waals surface area contributed by atoms with Gasteiger partial charge in [0.15, 0.2) is 0 Å². The van der Waals surface area contributed by atoms with Crippen molar-refractivity contribution in [2.75, 3.05) is 6.54 Å². The first kappa shape index (κ1) is 19.4. The zero-order valence-electron chi connectivity index (χ0n) is 13.3. The molecule has 1 saturated carbocycles. The lowest BCUT2D eigenvalue weighted by Crippen LogP contribution is -2.31. The number of rotatable bonds is 4. The summed E-state index contributed by atoms with van der Waals surface area (Å²) in [5.41, 5.74) is 1.17. The number of hydrogen-bond acceptors (Lipinski definition) is 5. The largest absolute Gasteiger partial charge is 0.473 e. The van der Waals surface area contributed by atoms with E-state index in [1.165, 1.54) is 24.8 Å². The number of carboxylic acid groups (broad SMARTS) is 2. The maximum absolute atomic E-state index is 11.6. The van der Waals surface area contributed by atoms with Crippen molar-refractivity contribution < 1.29 is 29.3 Å². The van der Waals surface area contributed by atoms with Crippen LogP contribution in [0.2, 0.25) is 0 Å². The van der Waals surface area contributed by atoms with Crippen molar-refractivity contribution in [1.82, 2.24) is 10.3 Å². The van der Waals surface area contributed by atoms with Crippen LogP contribution in [0, 0.1) is 0 Å². The SMILES string of the molecule is O=C(NCCc1ccncc1)OC1CCCCC1.O=C(O)C(=O)O. The first-order valence-electron chi connectivity index (χ1n) is 7.78. The summed E-state index contributed by atoms with van der Waals surface area (Å²) < 4.78 is 5.37. The number of alkyl carbamates (subject to hydrolysis) is 1. The fraction of sp³-hybridized carbons (Fsp3) is 0.500. The van der Waals surface area contributed by atoms with E-state index in [4.69, 9.17) is 24.5 Å². The van der Waals surface area contributed by atoms with Crippen LogP contribution in [-0.2, 0) is 20.7 Å². The van der Waals surface area contributed by atoms with Crippen molar-refractivity contribution in [2.45, 2.75) is 44.6 Å². The Morgan fingerprint density at radius 1 is 1.08 bits per heavy atom. The molecule has 24 heavy (non-hydrogen) atoms. The summed E-state index contributed by atoms with van der Waals surface area (Å²) in [6.07, 6.45) is 9.81. The van der Waals surface area contributed by atoms with Crippen LogP contribution in [0.4, 0.5) is 4.79 Å². The minimum atomic E-state index is -1.82. The van der Waals surface area contributed by atoms with Crippen LogP contribution < -0.4 is 5.32 Å². The number of nitrogens with zero attached hydrogens (tertiary/aromatic N) is 1. The van der Waals surface area contributed by atoms with Gasteiger partial charge in [-0.1, -0.05) is 6.42 Å². The Morgan fingerprint density at radius 2 is 1.67 bits per heavy atom. The fourth-order valence-electron chi connectivity index (χ4n) is 2.23. The standard InChI is InChI=1S/C14H20N2O2.C2H2O4/c17-14(18-13-4-2-1-3-5-13)16-11-8-12-6-9-15-10-7-12;3-1(4)2(5)6/h6-7,9-10,13H,1-5,8,11H2,(H,16,17);(H,3,4)(H,5,6). The lowest BCUT2D eigenvalue weighted by molar-refractivity contribution is -0.159. The van der Waals surface area contributed by atoms with Gasteiger partial charge in [0.25, 0.3) is 0 Å². The van der Waals surface area contributed by atoms with Crippen molar-refractivity contribution in [3.8, 4) is 0 Å². The number of carbonyl (C=O) groups is 3. The van der Waals surface area contributed by atoms with Crippen LogP contribution >= 0.6 is 0 Å². The third kappa shape index (κ3) is 8.72. The summed E-state index contributed by atoms with van der Waals surface area (Å²) in [6, 6.07) is 3.91. The normalized spacial score (nSPS) is 14.0. The van der Waals surface area contributed by atoms with Crippen molar-refractivity contribution in [3.05, 3.63) is 30.1 Å². The number of aromatic nitrogens is 1. The fourth-order valence-corrected chi connectivity index (χ4v) is 2.23. The third-order valence-electron chi connectivity index (χ3n) is 3.44. The van der Waals surface area contributed by atoms with Gasteiger partial charge in [-0.15, -0.1) is 0 Å². The molecule has 0 spiro atoms. The monoisotopic (exact) mass is 338 g/mol. The number of amides is 1. The number of carboxylic acids is 2. The van der Waals surface area contributed by atoms with Gasteiger partial charge < -0.3 is 20.3 Å². The lowest BCUT2D eigenvalue weighted by Gasteiger charge is -2.21. The predicted octanol–water partition coefficient (Wildman–Crippen LogP) is 1.84. The molecule has 8 nitrogen and oxygen atoms in total. The number of hydrogen-bond donors (Lipinski definition) is 3. The van der Waals surface area contributed by atoms with Crippen LogP contribution in [0.15, 0.2) is 24.5 Å². The first-order chi connectivity index (χ1) is 11.5. The Morgan fingerprint density at radius 3 is 2.21 bits per heavy atom. The van der Waals surface area contributed by atoms with Gasteiger partial charge >= 0.3 is 18.0 Å². The van der Waals surface area contributed by atoms with Crippen molar-refractivity contribution >= 4 is 18.0 Å². The van der Waals surface area contributed by atoms with E-state index in [0.29, 0.717) is 6.54 Å². The summed E-state index contributed by atoms with van der Waals surface area (Å²) in [4.78, 5) is 33.7. The number of carbonyl (C=O) groups excluding carboxylic acids is 1. The minimum absolute atomic E-state index is 0.125. The highest BCUT2D eigenvalue weighted by Crippen LogP contribution is 2.20. The van der Waals surface area contributed by atoms with E-state index >= 15 is 0 Å². The molecule has 1 aliphatic carbocycles. The van der Waals surface area contributed by atoms with Crippen LogP contribution in [0.5, 0.6) is 0 Å². The van der Waals surface area contributed by atoms with Gasteiger partial charge in [-0.2, -0.15) is 0 Å². The molecule has 0 unspecified atom stereocenters. The summed E-state index contributed by atoms with van der Waals surface area (Å²) in [6.45, 7) is 0.607. The molecular weight excluding hydrogens is 316 g/mol. The number of aliphatic carboxylic acids is 2. The summed E-state index contributed by atoms with van der Waals surface area (Å²) in [5.74, 6) is -3.65. The molecule has 1 heterocycles. The Balaban J connectivity index is 0.000000413. The Kier molecular flexibility index (Phi) is 8.88. The third-order valence-corrected chi connectivity index (χ3v) is 3.44. The Labute approximate surface area is 139 Å². The molecule has 3 N–H and O–H groups in total. The quantitative estimate of drug-likeness (QED) is 0.715. The van der Waals surface area contributed by atoms with Crippen LogP contribution in [0.25, 0.3) is 0 Å². The molecule has 1 aromatic rings. The predicted molar refractivity (Wildman–Crippen MR) is 84.6 cm³/mol. The van der Waals surface area contributed by atoms with Crippen LogP contribution in [-0.4, -0.2) is 45.9 Å².